The first-order valence-electron chi connectivity index (χ1n) is 8.20. The van der Waals surface area contributed by atoms with Gasteiger partial charge < -0.3 is 10.2 Å². The molecule has 1 aliphatic heterocycles. The zero-order valence-corrected chi connectivity index (χ0v) is 12.8. The van der Waals surface area contributed by atoms with Crippen LogP contribution in [0.5, 0.6) is 0 Å². The minimum absolute atomic E-state index is 0.0118. The van der Waals surface area contributed by atoms with E-state index in [9.17, 15) is 9.59 Å². The summed E-state index contributed by atoms with van der Waals surface area (Å²) in [5, 5.41) is 2.96. The molecule has 1 saturated carbocycles. The van der Waals surface area contributed by atoms with Gasteiger partial charge in [0.2, 0.25) is 11.8 Å². The average Bonchev–Trinajstić information content (AvgIpc) is 3.17. The van der Waals surface area contributed by atoms with Gasteiger partial charge in [-0.1, -0.05) is 18.9 Å². The summed E-state index contributed by atoms with van der Waals surface area (Å²) in [6.45, 7) is 1.20. The molecule has 1 aromatic rings. The Hall–Kier alpha value is -1.91. The highest BCUT2D eigenvalue weighted by Gasteiger charge is 2.38. The van der Waals surface area contributed by atoms with Gasteiger partial charge in [0, 0.05) is 37.9 Å². The number of pyridine rings is 1. The molecular weight excluding hydrogens is 278 g/mol. The maximum atomic E-state index is 12.2. The maximum Gasteiger partial charge on any atom is 0.225 e. The monoisotopic (exact) mass is 301 g/mol. The number of carbonyl (C=O) groups excluding carboxylic acids is 2. The molecule has 1 N–H and O–H groups in total. The van der Waals surface area contributed by atoms with Crippen LogP contribution in [0.1, 0.15) is 37.7 Å². The van der Waals surface area contributed by atoms with E-state index in [0.29, 0.717) is 25.6 Å². The zero-order chi connectivity index (χ0) is 15.4. The third-order valence-corrected chi connectivity index (χ3v) is 4.73. The van der Waals surface area contributed by atoms with E-state index in [1.807, 2.05) is 23.2 Å². The normalized spacial score (nSPS) is 22.3. The van der Waals surface area contributed by atoms with Crippen molar-refractivity contribution in [3.05, 3.63) is 30.1 Å². The number of aromatic nitrogens is 1. The van der Waals surface area contributed by atoms with Crippen molar-refractivity contribution in [2.24, 2.45) is 5.92 Å². The SMILES string of the molecule is O=C(NCCc1cccnc1)C1CC(=O)N(C2CCCC2)C1. The Bertz CT molecular complexity index is 526. The largest absolute Gasteiger partial charge is 0.355 e. The second kappa shape index (κ2) is 6.90. The zero-order valence-electron chi connectivity index (χ0n) is 12.8. The van der Waals surface area contributed by atoms with Gasteiger partial charge in [-0.05, 0) is 30.9 Å². The van der Waals surface area contributed by atoms with Crippen molar-refractivity contribution in [1.29, 1.82) is 0 Å². The van der Waals surface area contributed by atoms with Gasteiger partial charge in [-0.25, -0.2) is 0 Å². The third-order valence-electron chi connectivity index (χ3n) is 4.73. The highest BCUT2D eigenvalue weighted by atomic mass is 16.2. The quantitative estimate of drug-likeness (QED) is 0.897. The number of rotatable bonds is 5. The molecule has 0 spiro atoms. The highest BCUT2D eigenvalue weighted by Crippen LogP contribution is 2.29. The van der Waals surface area contributed by atoms with Crippen LogP contribution in [-0.4, -0.2) is 40.8 Å². The Morgan fingerprint density at radius 2 is 2.18 bits per heavy atom. The lowest BCUT2D eigenvalue weighted by atomic mass is 10.1. The van der Waals surface area contributed by atoms with E-state index in [1.54, 1.807) is 6.20 Å². The molecule has 1 unspecified atom stereocenters. The van der Waals surface area contributed by atoms with E-state index in [-0.39, 0.29) is 17.7 Å². The van der Waals surface area contributed by atoms with Crippen LogP contribution in [0.25, 0.3) is 0 Å². The van der Waals surface area contributed by atoms with Crippen molar-refractivity contribution in [1.82, 2.24) is 15.2 Å². The first-order valence-corrected chi connectivity index (χ1v) is 8.20. The summed E-state index contributed by atoms with van der Waals surface area (Å²) >= 11 is 0. The molecule has 0 bridgehead atoms. The van der Waals surface area contributed by atoms with Gasteiger partial charge in [0.1, 0.15) is 0 Å². The van der Waals surface area contributed by atoms with Crippen LogP contribution >= 0.6 is 0 Å². The van der Waals surface area contributed by atoms with Crippen molar-refractivity contribution in [3.8, 4) is 0 Å². The molecule has 2 fully saturated rings. The van der Waals surface area contributed by atoms with Crippen LogP contribution in [0.3, 0.4) is 0 Å². The van der Waals surface area contributed by atoms with E-state index in [2.05, 4.69) is 10.3 Å². The van der Waals surface area contributed by atoms with E-state index >= 15 is 0 Å². The van der Waals surface area contributed by atoms with Crippen LogP contribution in [0.4, 0.5) is 0 Å². The summed E-state index contributed by atoms with van der Waals surface area (Å²) in [4.78, 5) is 30.3. The van der Waals surface area contributed by atoms with Gasteiger partial charge in [-0.15, -0.1) is 0 Å². The average molecular weight is 301 g/mol. The Morgan fingerprint density at radius 1 is 1.36 bits per heavy atom. The van der Waals surface area contributed by atoms with Gasteiger partial charge in [0.25, 0.3) is 0 Å². The fourth-order valence-corrected chi connectivity index (χ4v) is 3.50. The number of likely N-dealkylation sites (tertiary alicyclic amines) is 1. The van der Waals surface area contributed by atoms with Crippen LogP contribution < -0.4 is 5.32 Å². The summed E-state index contributed by atoms with van der Waals surface area (Å²) < 4.78 is 0. The molecule has 1 atom stereocenters. The minimum Gasteiger partial charge on any atom is -0.355 e. The number of nitrogens with zero attached hydrogens (tertiary/aromatic N) is 2. The van der Waals surface area contributed by atoms with E-state index in [4.69, 9.17) is 0 Å². The fraction of sp³-hybridized carbons (Fsp3) is 0.588. The molecule has 1 saturated heterocycles. The Morgan fingerprint density at radius 3 is 2.91 bits per heavy atom. The molecule has 0 aromatic carbocycles. The number of hydrogen-bond acceptors (Lipinski definition) is 3. The third kappa shape index (κ3) is 3.46. The second-order valence-corrected chi connectivity index (χ2v) is 6.29. The van der Waals surface area contributed by atoms with Gasteiger partial charge in [-0.2, -0.15) is 0 Å². The van der Waals surface area contributed by atoms with Gasteiger partial charge in [0.15, 0.2) is 0 Å². The highest BCUT2D eigenvalue weighted by molar-refractivity contribution is 5.89. The predicted molar refractivity (Wildman–Crippen MR) is 83.0 cm³/mol. The number of carbonyl (C=O) groups is 2. The molecule has 5 heteroatoms. The van der Waals surface area contributed by atoms with Crippen molar-refractivity contribution in [2.75, 3.05) is 13.1 Å². The summed E-state index contributed by atoms with van der Waals surface area (Å²) in [7, 11) is 0. The fourth-order valence-electron chi connectivity index (χ4n) is 3.50. The topological polar surface area (TPSA) is 62.3 Å². The summed E-state index contributed by atoms with van der Waals surface area (Å²) in [5.74, 6) is -0.0148. The summed E-state index contributed by atoms with van der Waals surface area (Å²) in [6, 6.07) is 4.27. The van der Waals surface area contributed by atoms with Gasteiger partial charge in [0.05, 0.1) is 5.92 Å². The number of nitrogens with one attached hydrogen (secondary N) is 1. The molecule has 3 rings (SSSR count). The maximum absolute atomic E-state index is 12.2. The molecular formula is C17H23N3O2. The molecule has 1 aromatic heterocycles. The lowest BCUT2D eigenvalue weighted by Crippen LogP contribution is -2.37. The first kappa shape index (κ1) is 15.0. The van der Waals surface area contributed by atoms with Crippen molar-refractivity contribution >= 4 is 11.8 Å². The molecule has 22 heavy (non-hydrogen) atoms. The lowest BCUT2D eigenvalue weighted by molar-refractivity contribution is -0.130. The van der Waals surface area contributed by atoms with Gasteiger partial charge in [-0.3, -0.25) is 14.6 Å². The molecule has 0 radical (unpaired) electrons. The number of amides is 2. The molecule has 2 heterocycles. The van der Waals surface area contributed by atoms with Crippen molar-refractivity contribution in [3.63, 3.8) is 0 Å². The Kier molecular flexibility index (Phi) is 4.71. The van der Waals surface area contributed by atoms with Crippen LogP contribution in [0.15, 0.2) is 24.5 Å². The molecule has 2 amide bonds. The minimum atomic E-state index is -0.179. The molecule has 2 aliphatic rings. The predicted octanol–water partition coefficient (Wildman–Crippen LogP) is 1.53. The second-order valence-electron chi connectivity index (χ2n) is 6.29. The van der Waals surface area contributed by atoms with Crippen molar-refractivity contribution in [2.45, 2.75) is 44.6 Å². The molecule has 5 nitrogen and oxygen atoms in total. The van der Waals surface area contributed by atoms with Crippen LogP contribution in [0, 0.1) is 5.92 Å². The molecule has 118 valence electrons. The number of hydrogen-bond donors (Lipinski definition) is 1. The van der Waals surface area contributed by atoms with E-state index < -0.39 is 0 Å². The lowest BCUT2D eigenvalue weighted by Gasteiger charge is -2.23. The first-order chi connectivity index (χ1) is 10.7. The van der Waals surface area contributed by atoms with Crippen LogP contribution in [0.2, 0.25) is 0 Å². The Balaban J connectivity index is 1.45. The summed E-state index contributed by atoms with van der Waals surface area (Å²) in [5.41, 5.74) is 1.11. The van der Waals surface area contributed by atoms with E-state index in [0.717, 1.165) is 24.8 Å². The smallest absolute Gasteiger partial charge is 0.225 e. The van der Waals surface area contributed by atoms with E-state index in [1.165, 1.54) is 12.8 Å². The standard InChI is InChI=1S/C17H23N3O2/c21-16-10-14(12-20(16)15-5-1-2-6-15)17(22)19-9-7-13-4-3-8-18-11-13/h3-4,8,11,14-15H,1-2,5-7,9-10,12H2,(H,19,22). The Labute approximate surface area is 131 Å². The van der Waals surface area contributed by atoms with Crippen LogP contribution in [-0.2, 0) is 16.0 Å². The van der Waals surface area contributed by atoms with Crippen molar-refractivity contribution < 1.29 is 9.59 Å². The summed E-state index contributed by atoms with van der Waals surface area (Å²) in [6.07, 6.45) is 9.30. The van der Waals surface area contributed by atoms with Gasteiger partial charge >= 0.3 is 0 Å². The molecule has 1 aliphatic carbocycles.